The molecule has 0 spiro atoms. The lowest BCUT2D eigenvalue weighted by atomic mass is 9.84. The summed E-state index contributed by atoms with van der Waals surface area (Å²) in [5, 5.41) is 3.20. The Hall–Kier alpha value is -1.31. The third-order valence-corrected chi connectivity index (χ3v) is 4.39. The van der Waals surface area contributed by atoms with Gasteiger partial charge in [-0.2, -0.15) is 0 Å². The number of hydrogen-bond donors (Lipinski definition) is 1. The Morgan fingerprint density at radius 1 is 1.21 bits per heavy atom. The van der Waals surface area contributed by atoms with Crippen molar-refractivity contribution in [2.75, 3.05) is 0 Å². The van der Waals surface area contributed by atoms with Crippen molar-refractivity contribution in [2.24, 2.45) is 5.92 Å². The summed E-state index contributed by atoms with van der Waals surface area (Å²) in [6, 6.07) is 6.40. The molecule has 1 saturated carbocycles. The van der Waals surface area contributed by atoms with E-state index in [0.717, 1.165) is 29.9 Å². The van der Waals surface area contributed by atoms with Crippen molar-refractivity contribution in [1.82, 2.24) is 5.32 Å². The number of nitrogens with one attached hydrogen (secondary N) is 1. The van der Waals surface area contributed by atoms with Gasteiger partial charge < -0.3 is 5.32 Å². The first-order chi connectivity index (χ1) is 9.10. The van der Waals surface area contributed by atoms with E-state index in [1.54, 1.807) is 0 Å². The molecule has 19 heavy (non-hydrogen) atoms. The van der Waals surface area contributed by atoms with Crippen molar-refractivity contribution in [3.63, 3.8) is 0 Å². The van der Waals surface area contributed by atoms with Crippen molar-refractivity contribution in [1.29, 1.82) is 0 Å². The summed E-state index contributed by atoms with van der Waals surface area (Å²) in [4.78, 5) is 12.3. The minimum absolute atomic E-state index is 0.0949. The molecule has 2 nitrogen and oxygen atoms in total. The standard InChI is InChI=1S/C17H25NO/c1-4-14-6-8-15(9-7-14)18-17(19)16-10-5-12(2)11-13(16)3/h5,10-11,14-15H,4,6-9H2,1-3H3,(H,18,19). The second-order valence-corrected chi connectivity index (χ2v) is 5.92. The lowest BCUT2D eigenvalue weighted by Gasteiger charge is -2.28. The SMILES string of the molecule is CCC1CCC(NC(=O)c2ccc(C)cc2C)CC1. The highest BCUT2D eigenvalue weighted by atomic mass is 16.1. The van der Waals surface area contributed by atoms with E-state index in [-0.39, 0.29) is 5.91 Å². The van der Waals surface area contributed by atoms with Gasteiger partial charge in [0.2, 0.25) is 0 Å². The summed E-state index contributed by atoms with van der Waals surface area (Å²) in [5.74, 6) is 0.965. The average molecular weight is 259 g/mol. The van der Waals surface area contributed by atoms with Gasteiger partial charge in [0.05, 0.1) is 0 Å². The van der Waals surface area contributed by atoms with Gasteiger partial charge in [-0.05, 0) is 57.1 Å². The van der Waals surface area contributed by atoms with Crippen molar-refractivity contribution in [2.45, 2.75) is 58.9 Å². The van der Waals surface area contributed by atoms with Crippen molar-refractivity contribution in [3.05, 3.63) is 34.9 Å². The first kappa shape index (κ1) is 14.1. The van der Waals surface area contributed by atoms with Gasteiger partial charge in [-0.1, -0.05) is 31.0 Å². The fraction of sp³-hybridized carbons (Fsp3) is 0.588. The molecule has 0 heterocycles. The quantitative estimate of drug-likeness (QED) is 0.873. The van der Waals surface area contributed by atoms with E-state index >= 15 is 0 Å². The maximum absolute atomic E-state index is 12.3. The van der Waals surface area contributed by atoms with Gasteiger partial charge >= 0.3 is 0 Å². The highest BCUT2D eigenvalue weighted by molar-refractivity contribution is 5.95. The number of carbonyl (C=O) groups excluding carboxylic acids is 1. The molecule has 1 N–H and O–H groups in total. The van der Waals surface area contributed by atoms with Gasteiger partial charge in [-0.3, -0.25) is 4.79 Å². The van der Waals surface area contributed by atoms with E-state index in [9.17, 15) is 4.79 Å². The molecule has 1 aliphatic rings. The molecule has 0 atom stereocenters. The third kappa shape index (κ3) is 3.59. The number of aryl methyl sites for hydroxylation is 2. The van der Waals surface area contributed by atoms with Crippen LogP contribution in [0.4, 0.5) is 0 Å². The number of carbonyl (C=O) groups is 1. The molecule has 1 aliphatic carbocycles. The van der Waals surface area contributed by atoms with Gasteiger partial charge in [0.15, 0.2) is 0 Å². The summed E-state index contributed by atoms with van der Waals surface area (Å²) in [6.45, 7) is 6.33. The molecule has 0 radical (unpaired) electrons. The number of benzene rings is 1. The Morgan fingerprint density at radius 3 is 2.47 bits per heavy atom. The minimum atomic E-state index is 0.0949. The molecule has 0 saturated heterocycles. The Balaban J connectivity index is 1.94. The summed E-state index contributed by atoms with van der Waals surface area (Å²) in [5.41, 5.74) is 3.10. The Bertz CT molecular complexity index is 445. The first-order valence-corrected chi connectivity index (χ1v) is 7.48. The molecular formula is C17H25NO. The average Bonchev–Trinajstić information content (AvgIpc) is 2.39. The zero-order valence-electron chi connectivity index (χ0n) is 12.3. The van der Waals surface area contributed by atoms with E-state index in [0.29, 0.717) is 6.04 Å². The van der Waals surface area contributed by atoms with Crippen LogP contribution in [0, 0.1) is 19.8 Å². The molecule has 2 rings (SSSR count). The Labute approximate surface area is 116 Å². The monoisotopic (exact) mass is 259 g/mol. The maximum atomic E-state index is 12.3. The van der Waals surface area contributed by atoms with Crippen molar-refractivity contribution in [3.8, 4) is 0 Å². The van der Waals surface area contributed by atoms with Gasteiger partial charge in [-0.25, -0.2) is 0 Å². The molecule has 2 heteroatoms. The number of hydrogen-bond acceptors (Lipinski definition) is 1. The van der Waals surface area contributed by atoms with E-state index in [2.05, 4.69) is 25.2 Å². The fourth-order valence-corrected chi connectivity index (χ4v) is 3.05. The lowest BCUT2D eigenvalue weighted by Crippen LogP contribution is -2.37. The second kappa shape index (κ2) is 6.23. The highest BCUT2D eigenvalue weighted by Gasteiger charge is 2.22. The van der Waals surface area contributed by atoms with E-state index in [1.807, 2.05) is 19.1 Å². The normalized spacial score (nSPS) is 23.1. The lowest BCUT2D eigenvalue weighted by molar-refractivity contribution is 0.0921. The highest BCUT2D eigenvalue weighted by Crippen LogP contribution is 2.26. The summed E-state index contributed by atoms with van der Waals surface area (Å²) < 4.78 is 0. The molecule has 0 unspecified atom stereocenters. The Kier molecular flexibility index (Phi) is 4.62. The first-order valence-electron chi connectivity index (χ1n) is 7.48. The number of amides is 1. The smallest absolute Gasteiger partial charge is 0.251 e. The molecule has 0 aromatic heterocycles. The van der Waals surface area contributed by atoms with Crippen molar-refractivity contribution >= 4 is 5.91 Å². The zero-order valence-corrected chi connectivity index (χ0v) is 12.3. The van der Waals surface area contributed by atoms with Crippen LogP contribution >= 0.6 is 0 Å². The van der Waals surface area contributed by atoms with Gasteiger partial charge in [0.25, 0.3) is 5.91 Å². The summed E-state index contributed by atoms with van der Waals surface area (Å²) in [7, 11) is 0. The topological polar surface area (TPSA) is 29.1 Å². The number of rotatable bonds is 3. The van der Waals surface area contributed by atoms with E-state index in [1.165, 1.54) is 24.8 Å². The van der Waals surface area contributed by atoms with Crippen LogP contribution in [-0.2, 0) is 0 Å². The van der Waals surface area contributed by atoms with Gasteiger partial charge in [0.1, 0.15) is 0 Å². The molecule has 104 valence electrons. The van der Waals surface area contributed by atoms with Gasteiger partial charge in [-0.15, -0.1) is 0 Å². The Morgan fingerprint density at radius 2 is 1.89 bits per heavy atom. The predicted molar refractivity (Wildman–Crippen MR) is 79.4 cm³/mol. The van der Waals surface area contributed by atoms with Crippen LogP contribution in [0.5, 0.6) is 0 Å². The second-order valence-electron chi connectivity index (χ2n) is 5.92. The largest absolute Gasteiger partial charge is 0.349 e. The fourth-order valence-electron chi connectivity index (χ4n) is 3.05. The zero-order chi connectivity index (χ0) is 13.8. The molecule has 1 aromatic rings. The molecule has 0 aliphatic heterocycles. The van der Waals surface area contributed by atoms with Crippen LogP contribution in [-0.4, -0.2) is 11.9 Å². The molecule has 1 fully saturated rings. The molecular weight excluding hydrogens is 234 g/mol. The van der Waals surface area contributed by atoms with E-state index in [4.69, 9.17) is 0 Å². The van der Waals surface area contributed by atoms with Crippen LogP contribution in [0.15, 0.2) is 18.2 Å². The molecule has 0 bridgehead atoms. The summed E-state index contributed by atoms with van der Waals surface area (Å²) >= 11 is 0. The third-order valence-electron chi connectivity index (χ3n) is 4.39. The molecule has 1 aromatic carbocycles. The minimum Gasteiger partial charge on any atom is -0.349 e. The van der Waals surface area contributed by atoms with Crippen LogP contribution in [0.3, 0.4) is 0 Å². The summed E-state index contributed by atoms with van der Waals surface area (Å²) in [6.07, 6.45) is 6.06. The van der Waals surface area contributed by atoms with Crippen LogP contribution in [0.1, 0.15) is 60.5 Å². The van der Waals surface area contributed by atoms with Crippen molar-refractivity contribution < 1.29 is 4.79 Å². The maximum Gasteiger partial charge on any atom is 0.251 e. The van der Waals surface area contributed by atoms with Crippen LogP contribution in [0.25, 0.3) is 0 Å². The van der Waals surface area contributed by atoms with E-state index < -0.39 is 0 Å². The predicted octanol–water partition coefficient (Wildman–Crippen LogP) is 4.00. The van der Waals surface area contributed by atoms with Crippen LogP contribution in [0.2, 0.25) is 0 Å². The van der Waals surface area contributed by atoms with Crippen LogP contribution < -0.4 is 5.32 Å². The van der Waals surface area contributed by atoms with Gasteiger partial charge in [0, 0.05) is 11.6 Å². The molecule has 1 amide bonds.